The molecule has 0 unspecified atom stereocenters. The Morgan fingerprint density at radius 3 is 2.50 bits per heavy atom. The highest BCUT2D eigenvalue weighted by Crippen LogP contribution is 2.28. The molecule has 0 radical (unpaired) electrons. The third kappa shape index (κ3) is 3.14. The summed E-state index contributed by atoms with van der Waals surface area (Å²) in [6.07, 6.45) is 2.22. The molecule has 0 N–H and O–H groups in total. The highest BCUT2D eigenvalue weighted by atomic mass is 16.5. The maximum Gasteiger partial charge on any atom is 0.253 e. The first kappa shape index (κ1) is 14.9. The van der Waals surface area contributed by atoms with Gasteiger partial charge in [-0.25, -0.2) is 0 Å². The van der Waals surface area contributed by atoms with Gasteiger partial charge in [0, 0.05) is 18.7 Å². The largest absolute Gasteiger partial charge is 0.496 e. The summed E-state index contributed by atoms with van der Waals surface area (Å²) >= 11 is 0. The van der Waals surface area contributed by atoms with Gasteiger partial charge in [-0.2, -0.15) is 0 Å². The lowest BCUT2D eigenvalue weighted by Crippen LogP contribution is -2.37. The first-order chi connectivity index (χ1) is 9.52. The van der Waals surface area contributed by atoms with Gasteiger partial charge in [-0.1, -0.05) is 20.8 Å². The van der Waals surface area contributed by atoms with Crippen molar-refractivity contribution in [2.75, 3.05) is 20.2 Å². The second-order valence-electron chi connectivity index (χ2n) is 6.09. The number of hydrogen-bond donors (Lipinski definition) is 0. The van der Waals surface area contributed by atoms with Gasteiger partial charge < -0.3 is 9.64 Å². The summed E-state index contributed by atoms with van der Waals surface area (Å²) in [5.41, 5.74) is 1.88. The predicted molar refractivity (Wildman–Crippen MR) is 81.4 cm³/mol. The molecule has 1 aromatic rings. The minimum atomic E-state index is 0.154. The zero-order valence-electron chi connectivity index (χ0n) is 13.0. The molecule has 110 valence electrons. The summed E-state index contributed by atoms with van der Waals surface area (Å²) in [7, 11) is 1.68. The Labute approximate surface area is 121 Å². The Morgan fingerprint density at radius 1 is 1.30 bits per heavy atom. The fourth-order valence-electron chi connectivity index (χ4n) is 2.71. The van der Waals surface area contributed by atoms with Gasteiger partial charge in [-0.05, 0) is 48.4 Å². The molecule has 3 heteroatoms. The Morgan fingerprint density at radius 2 is 1.95 bits per heavy atom. The van der Waals surface area contributed by atoms with Crippen LogP contribution in [0.2, 0.25) is 0 Å². The first-order valence-corrected chi connectivity index (χ1v) is 7.50. The van der Waals surface area contributed by atoms with E-state index in [-0.39, 0.29) is 5.91 Å². The van der Waals surface area contributed by atoms with Gasteiger partial charge in [0.15, 0.2) is 0 Å². The van der Waals surface area contributed by atoms with Crippen molar-refractivity contribution in [3.05, 3.63) is 29.3 Å². The number of hydrogen-bond acceptors (Lipinski definition) is 2. The van der Waals surface area contributed by atoms with Gasteiger partial charge in [0.1, 0.15) is 5.75 Å². The van der Waals surface area contributed by atoms with Crippen molar-refractivity contribution in [3.63, 3.8) is 0 Å². The molecule has 0 bridgehead atoms. The lowest BCUT2D eigenvalue weighted by Gasteiger charge is -2.30. The van der Waals surface area contributed by atoms with E-state index in [2.05, 4.69) is 20.8 Å². The third-order valence-corrected chi connectivity index (χ3v) is 4.17. The zero-order valence-corrected chi connectivity index (χ0v) is 13.0. The number of piperidine rings is 1. The molecule has 1 saturated heterocycles. The predicted octanol–water partition coefficient (Wildman–Crippen LogP) is 3.69. The molecule has 1 aromatic carbocycles. The lowest BCUT2D eigenvalue weighted by atomic mass is 9.96. The number of methoxy groups -OCH3 is 1. The van der Waals surface area contributed by atoms with Crippen LogP contribution in [0.5, 0.6) is 5.75 Å². The van der Waals surface area contributed by atoms with Crippen LogP contribution >= 0.6 is 0 Å². The van der Waals surface area contributed by atoms with E-state index in [1.807, 2.05) is 23.1 Å². The standard InChI is InChI=1S/C17H25NO2/c1-12(2)15-11-14(5-6-16(15)20-4)17(19)18-9-7-13(3)8-10-18/h5-6,11-13H,7-10H2,1-4H3. The normalized spacial score (nSPS) is 16.6. The van der Waals surface area contributed by atoms with Gasteiger partial charge >= 0.3 is 0 Å². The molecule has 0 saturated carbocycles. The van der Waals surface area contributed by atoms with E-state index in [1.54, 1.807) is 7.11 Å². The van der Waals surface area contributed by atoms with Crippen LogP contribution in [0.25, 0.3) is 0 Å². The summed E-state index contributed by atoms with van der Waals surface area (Å²) in [5.74, 6) is 2.10. The summed E-state index contributed by atoms with van der Waals surface area (Å²) < 4.78 is 5.38. The van der Waals surface area contributed by atoms with E-state index in [4.69, 9.17) is 4.74 Å². The van der Waals surface area contributed by atoms with Crippen LogP contribution in [-0.2, 0) is 0 Å². The second-order valence-corrected chi connectivity index (χ2v) is 6.09. The zero-order chi connectivity index (χ0) is 14.7. The van der Waals surface area contributed by atoms with Crippen LogP contribution in [0.15, 0.2) is 18.2 Å². The topological polar surface area (TPSA) is 29.5 Å². The van der Waals surface area contributed by atoms with Crippen LogP contribution in [0.1, 0.15) is 55.5 Å². The Kier molecular flexibility index (Phi) is 4.69. The Bertz CT molecular complexity index is 474. The number of amides is 1. The van der Waals surface area contributed by atoms with Crippen LogP contribution in [0.4, 0.5) is 0 Å². The Balaban J connectivity index is 2.20. The van der Waals surface area contributed by atoms with Crippen molar-refractivity contribution >= 4 is 5.91 Å². The van der Waals surface area contributed by atoms with E-state index in [0.29, 0.717) is 5.92 Å². The molecule has 1 aliphatic heterocycles. The molecule has 0 spiro atoms. The number of benzene rings is 1. The molecule has 1 heterocycles. The van der Waals surface area contributed by atoms with Crippen molar-refractivity contribution in [2.24, 2.45) is 5.92 Å². The molecule has 1 fully saturated rings. The molecule has 1 amide bonds. The van der Waals surface area contributed by atoms with E-state index in [0.717, 1.165) is 48.7 Å². The molecule has 3 nitrogen and oxygen atoms in total. The number of rotatable bonds is 3. The van der Waals surface area contributed by atoms with E-state index in [9.17, 15) is 4.79 Å². The molecule has 0 aromatic heterocycles. The van der Waals surface area contributed by atoms with E-state index in [1.165, 1.54) is 0 Å². The van der Waals surface area contributed by atoms with Crippen LogP contribution in [0.3, 0.4) is 0 Å². The maximum atomic E-state index is 12.6. The lowest BCUT2D eigenvalue weighted by molar-refractivity contribution is 0.0697. The van der Waals surface area contributed by atoms with Crippen molar-refractivity contribution < 1.29 is 9.53 Å². The second kappa shape index (κ2) is 6.29. The Hall–Kier alpha value is -1.51. The van der Waals surface area contributed by atoms with Crippen LogP contribution in [-0.4, -0.2) is 31.0 Å². The summed E-state index contributed by atoms with van der Waals surface area (Å²) in [5, 5.41) is 0. The van der Waals surface area contributed by atoms with Gasteiger partial charge in [0.2, 0.25) is 0 Å². The monoisotopic (exact) mass is 275 g/mol. The highest BCUT2D eigenvalue weighted by Gasteiger charge is 2.22. The van der Waals surface area contributed by atoms with Crippen molar-refractivity contribution in [1.82, 2.24) is 4.90 Å². The van der Waals surface area contributed by atoms with Gasteiger partial charge in [0.25, 0.3) is 5.91 Å². The minimum Gasteiger partial charge on any atom is -0.496 e. The highest BCUT2D eigenvalue weighted by molar-refractivity contribution is 5.94. The SMILES string of the molecule is COc1ccc(C(=O)N2CCC(C)CC2)cc1C(C)C. The first-order valence-electron chi connectivity index (χ1n) is 7.50. The average Bonchev–Trinajstić information content (AvgIpc) is 2.46. The van der Waals surface area contributed by atoms with Crippen LogP contribution < -0.4 is 4.74 Å². The van der Waals surface area contributed by atoms with Crippen molar-refractivity contribution in [1.29, 1.82) is 0 Å². The number of likely N-dealkylation sites (tertiary alicyclic amines) is 1. The van der Waals surface area contributed by atoms with E-state index < -0.39 is 0 Å². The average molecular weight is 275 g/mol. The third-order valence-electron chi connectivity index (χ3n) is 4.17. The number of nitrogens with zero attached hydrogens (tertiary/aromatic N) is 1. The molecular weight excluding hydrogens is 250 g/mol. The summed E-state index contributed by atoms with van der Waals surface area (Å²) in [6.45, 7) is 8.25. The maximum absolute atomic E-state index is 12.6. The fraction of sp³-hybridized carbons (Fsp3) is 0.588. The smallest absolute Gasteiger partial charge is 0.253 e. The molecule has 1 aliphatic rings. The molecular formula is C17H25NO2. The number of carbonyl (C=O) groups excluding carboxylic acids is 1. The fourth-order valence-corrected chi connectivity index (χ4v) is 2.71. The van der Waals surface area contributed by atoms with E-state index >= 15 is 0 Å². The van der Waals surface area contributed by atoms with Crippen LogP contribution in [0, 0.1) is 5.92 Å². The number of ether oxygens (including phenoxy) is 1. The summed E-state index contributed by atoms with van der Waals surface area (Å²) in [6, 6.07) is 5.78. The number of carbonyl (C=O) groups is 1. The summed E-state index contributed by atoms with van der Waals surface area (Å²) in [4.78, 5) is 14.5. The van der Waals surface area contributed by atoms with Crippen molar-refractivity contribution in [3.8, 4) is 5.75 Å². The molecule has 20 heavy (non-hydrogen) atoms. The quantitative estimate of drug-likeness (QED) is 0.842. The van der Waals surface area contributed by atoms with Gasteiger partial charge in [-0.3, -0.25) is 4.79 Å². The minimum absolute atomic E-state index is 0.154. The molecule has 0 atom stereocenters. The molecule has 2 rings (SSSR count). The van der Waals surface area contributed by atoms with Gasteiger partial charge in [-0.15, -0.1) is 0 Å². The molecule has 0 aliphatic carbocycles. The van der Waals surface area contributed by atoms with Gasteiger partial charge in [0.05, 0.1) is 7.11 Å². The van der Waals surface area contributed by atoms with Crippen molar-refractivity contribution in [2.45, 2.75) is 39.5 Å².